The molecule has 3 nitrogen and oxygen atoms in total. The summed E-state index contributed by atoms with van der Waals surface area (Å²) in [5.41, 5.74) is 2.20. The molecule has 2 atom stereocenters. The van der Waals surface area contributed by atoms with Crippen LogP contribution in [-0.4, -0.2) is 35.2 Å². The van der Waals surface area contributed by atoms with E-state index in [1.54, 1.807) is 0 Å². The van der Waals surface area contributed by atoms with Crippen LogP contribution >= 0.6 is 0 Å². The Morgan fingerprint density at radius 1 is 1.27 bits per heavy atom. The van der Waals surface area contributed by atoms with Crippen LogP contribution in [0.2, 0.25) is 0 Å². The summed E-state index contributed by atoms with van der Waals surface area (Å²) in [6.45, 7) is 9.78. The number of rotatable bonds is 4. The highest BCUT2D eigenvalue weighted by molar-refractivity contribution is 5.40. The van der Waals surface area contributed by atoms with Crippen molar-refractivity contribution < 1.29 is 9.84 Å². The van der Waals surface area contributed by atoms with Crippen molar-refractivity contribution in [2.45, 2.75) is 58.2 Å². The van der Waals surface area contributed by atoms with E-state index < -0.39 is 0 Å². The van der Waals surface area contributed by atoms with E-state index in [9.17, 15) is 5.11 Å². The first-order chi connectivity index (χ1) is 10.4. The quantitative estimate of drug-likeness (QED) is 0.923. The lowest BCUT2D eigenvalue weighted by molar-refractivity contribution is 0.0826. The van der Waals surface area contributed by atoms with E-state index in [1.807, 2.05) is 12.1 Å². The summed E-state index contributed by atoms with van der Waals surface area (Å²) in [5.74, 6) is 1.25. The maximum Gasteiger partial charge on any atom is 0.123 e. The molecule has 2 aliphatic rings. The summed E-state index contributed by atoms with van der Waals surface area (Å²) < 4.78 is 6.03. The minimum absolute atomic E-state index is 0.0732. The molecule has 22 heavy (non-hydrogen) atoms. The smallest absolute Gasteiger partial charge is 0.123 e. The molecule has 2 heterocycles. The Bertz CT molecular complexity index is 520. The lowest BCUT2D eigenvalue weighted by Gasteiger charge is -2.33. The first-order valence-electron chi connectivity index (χ1n) is 8.67. The Labute approximate surface area is 134 Å². The maximum atomic E-state index is 10.7. The molecule has 0 aliphatic carbocycles. The second-order valence-corrected chi connectivity index (χ2v) is 7.66. The normalized spacial score (nSPS) is 23.6. The van der Waals surface area contributed by atoms with Gasteiger partial charge in [0.25, 0.3) is 0 Å². The molecule has 1 unspecified atom stereocenters. The summed E-state index contributed by atoms with van der Waals surface area (Å²) in [5, 5.41) is 10.7. The fourth-order valence-corrected chi connectivity index (χ4v) is 3.66. The van der Waals surface area contributed by atoms with Gasteiger partial charge in [0.15, 0.2) is 0 Å². The monoisotopic (exact) mass is 303 g/mol. The molecule has 1 fully saturated rings. The van der Waals surface area contributed by atoms with Gasteiger partial charge in [-0.25, -0.2) is 0 Å². The first kappa shape index (κ1) is 15.8. The van der Waals surface area contributed by atoms with Gasteiger partial charge in [-0.15, -0.1) is 0 Å². The maximum absolute atomic E-state index is 10.7. The molecular weight excluding hydrogens is 274 g/mol. The van der Waals surface area contributed by atoms with Crippen LogP contribution in [0, 0.1) is 5.92 Å². The number of likely N-dealkylation sites (tertiary alicyclic amines) is 1. The van der Waals surface area contributed by atoms with E-state index in [1.165, 1.54) is 31.5 Å². The Hall–Kier alpha value is -1.06. The third-order valence-electron chi connectivity index (χ3n) is 5.09. The Balaban J connectivity index is 1.69. The molecule has 2 aliphatic heterocycles. The molecule has 0 bridgehead atoms. The van der Waals surface area contributed by atoms with Gasteiger partial charge >= 0.3 is 0 Å². The van der Waals surface area contributed by atoms with Gasteiger partial charge in [0, 0.05) is 6.54 Å². The summed E-state index contributed by atoms with van der Waals surface area (Å²) in [6, 6.07) is 6.22. The molecule has 1 aromatic rings. The topological polar surface area (TPSA) is 32.7 Å². The van der Waals surface area contributed by atoms with E-state index in [4.69, 9.17) is 4.74 Å². The van der Waals surface area contributed by atoms with Gasteiger partial charge < -0.3 is 14.7 Å². The number of hydrogen-bond acceptors (Lipinski definition) is 3. The summed E-state index contributed by atoms with van der Waals surface area (Å²) in [7, 11) is 0. The van der Waals surface area contributed by atoms with E-state index in [0.717, 1.165) is 30.7 Å². The second kappa shape index (κ2) is 6.21. The SMILES string of the molecule is C[C@H](CN1CCCC1)C(O)c1ccc2c(c1)CCC(C)(C)O2. The molecule has 0 saturated carbocycles. The first-order valence-corrected chi connectivity index (χ1v) is 8.67. The molecule has 1 aromatic carbocycles. The fourth-order valence-electron chi connectivity index (χ4n) is 3.66. The number of aliphatic hydroxyl groups excluding tert-OH is 1. The molecule has 1 N–H and O–H groups in total. The zero-order chi connectivity index (χ0) is 15.7. The van der Waals surface area contributed by atoms with Gasteiger partial charge in [0.2, 0.25) is 0 Å². The van der Waals surface area contributed by atoms with Crippen LogP contribution in [0.3, 0.4) is 0 Å². The van der Waals surface area contributed by atoms with Crippen LogP contribution in [0.4, 0.5) is 0 Å². The highest BCUT2D eigenvalue weighted by atomic mass is 16.5. The van der Waals surface area contributed by atoms with Gasteiger partial charge in [-0.2, -0.15) is 0 Å². The van der Waals surface area contributed by atoms with E-state index in [0.29, 0.717) is 0 Å². The van der Waals surface area contributed by atoms with Crippen LogP contribution in [0.1, 0.15) is 57.3 Å². The van der Waals surface area contributed by atoms with Crippen molar-refractivity contribution in [2.75, 3.05) is 19.6 Å². The van der Waals surface area contributed by atoms with Crippen molar-refractivity contribution in [2.24, 2.45) is 5.92 Å². The Morgan fingerprint density at radius 3 is 2.73 bits per heavy atom. The largest absolute Gasteiger partial charge is 0.488 e. The van der Waals surface area contributed by atoms with Crippen molar-refractivity contribution in [1.82, 2.24) is 4.90 Å². The standard InChI is InChI=1S/C19H29NO2/c1-14(13-20-10-4-5-11-20)18(21)16-6-7-17-15(12-16)8-9-19(2,3)22-17/h6-7,12,14,18,21H,4-5,8-11,13H2,1-3H3/t14-,18?/m1/s1. The van der Waals surface area contributed by atoms with Crippen LogP contribution in [0.25, 0.3) is 0 Å². The lowest BCUT2D eigenvalue weighted by Crippen LogP contribution is -2.32. The van der Waals surface area contributed by atoms with Crippen LogP contribution in [-0.2, 0) is 6.42 Å². The van der Waals surface area contributed by atoms with Gasteiger partial charge in [-0.05, 0) is 81.8 Å². The highest BCUT2D eigenvalue weighted by Crippen LogP contribution is 2.35. The van der Waals surface area contributed by atoms with Crippen molar-refractivity contribution in [3.63, 3.8) is 0 Å². The molecule has 0 radical (unpaired) electrons. The number of aryl methyl sites for hydroxylation is 1. The molecule has 3 rings (SSSR count). The van der Waals surface area contributed by atoms with E-state index >= 15 is 0 Å². The molecule has 122 valence electrons. The molecular formula is C19H29NO2. The van der Waals surface area contributed by atoms with E-state index in [-0.39, 0.29) is 17.6 Å². The van der Waals surface area contributed by atoms with Crippen molar-refractivity contribution in [1.29, 1.82) is 0 Å². The van der Waals surface area contributed by atoms with Crippen LogP contribution in [0.15, 0.2) is 18.2 Å². The Kier molecular flexibility index (Phi) is 4.47. The number of hydrogen-bond donors (Lipinski definition) is 1. The third kappa shape index (κ3) is 3.47. The third-order valence-corrected chi connectivity index (χ3v) is 5.09. The van der Waals surface area contributed by atoms with Gasteiger partial charge in [-0.3, -0.25) is 0 Å². The number of benzene rings is 1. The fraction of sp³-hybridized carbons (Fsp3) is 0.684. The number of nitrogens with zero attached hydrogens (tertiary/aromatic N) is 1. The van der Waals surface area contributed by atoms with E-state index in [2.05, 4.69) is 31.7 Å². The van der Waals surface area contributed by atoms with Gasteiger partial charge in [0.1, 0.15) is 11.4 Å². The summed E-state index contributed by atoms with van der Waals surface area (Å²) in [6.07, 6.45) is 4.27. The van der Waals surface area contributed by atoms with Crippen molar-refractivity contribution in [3.05, 3.63) is 29.3 Å². The van der Waals surface area contributed by atoms with Crippen molar-refractivity contribution >= 4 is 0 Å². The molecule has 3 heteroatoms. The minimum Gasteiger partial charge on any atom is -0.488 e. The Morgan fingerprint density at radius 2 is 2.00 bits per heavy atom. The van der Waals surface area contributed by atoms with Gasteiger partial charge in [0.05, 0.1) is 6.10 Å². The molecule has 0 amide bonds. The summed E-state index contributed by atoms with van der Waals surface area (Å²) >= 11 is 0. The average Bonchev–Trinajstić information content (AvgIpc) is 2.98. The molecule has 1 saturated heterocycles. The minimum atomic E-state index is -0.388. The van der Waals surface area contributed by atoms with Crippen molar-refractivity contribution in [3.8, 4) is 5.75 Å². The number of ether oxygens (including phenoxy) is 1. The predicted octanol–water partition coefficient (Wildman–Crippen LogP) is 3.56. The zero-order valence-electron chi connectivity index (χ0n) is 14.1. The lowest BCUT2D eigenvalue weighted by atomic mass is 9.90. The average molecular weight is 303 g/mol. The van der Waals surface area contributed by atoms with Crippen LogP contribution in [0.5, 0.6) is 5.75 Å². The predicted molar refractivity (Wildman–Crippen MR) is 89.3 cm³/mol. The number of aliphatic hydroxyl groups is 1. The summed E-state index contributed by atoms with van der Waals surface area (Å²) in [4.78, 5) is 2.47. The van der Waals surface area contributed by atoms with Gasteiger partial charge in [-0.1, -0.05) is 13.0 Å². The zero-order valence-corrected chi connectivity index (χ0v) is 14.1. The highest BCUT2D eigenvalue weighted by Gasteiger charge is 2.28. The molecule has 0 spiro atoms. The second-order valence-electron chi connectivity index (χ2n) is 7.66. The van der Waals surface area contributed by atoms with Crippen LogP contribution < -0.4 is 4.74 Å². The number of fused-ring (bicyclic) bond motifs is 1. The molecule has 0 aromatic heterocycles.